The number of nitrogens with zero attached hydrogens (tertiary/aromatic N) is 2. The molecule has 1 amide bonds. The number of aromatic nitrogens is 2. The summed E-state index contributed by atoms with van der Waals surface area (Å²) in [6, 6.07) is 9.80. The Labute approximate surface area is 134 Å². The van der Waals surface area contributed by atoms with Crippen molar-refractivity contribution in [3.8, 4) is 0 Å². The molecule has 6 heteroatoms. The lowest BCUT2D eigenvalue weighted by atomic mass is 10.1. The second kappa shape index (κ2) is 6.75. The van der Waals surface area contributed by atoms with Crippen LogP contribution in [0.4, 0.5) is 5.82 Å². The standard InChI is InChI=1S/C16H17ClN4O/c17-12-3-1-2-11(8-12)6-7-18-16(22)14-9-15(20-10-19-14)21-13-4-5-13/h1-3,8-10,13H,4-7H2,(H,18,22)(H,19,20,21). The zero-order valence-corrected chi connectivity index (χ0v) is 12.8. The van der Waals surface area contributed by atoms with E-state index in [1.54, 1.807) is 6.07 Å². The molecule has 0 aliphatic heterocycles. The predicted octanol–water partition coefficient (Wildman–Crippen LogP) is 2.68. The Balaban J connectivity index is 1.53. The van der Waals surface area contributed by atoms with Crippen molar-refractivity contribution in [3.05, 3.63) is 52.9 Å². The number of halogens is 1. The number of carbonyl (C=O) groups excluding carboxylic acids is 1. The van der Waals surface area contributed by atoms with Gasteiger partial charge in [-0.1, -0.05) is 23.7 Å². The number of carbonyl (C=O) groups is 1. The molecule has 1 aliphatic carbocycles. The fourth-order valence-corrected chi connectivity index (χ4v) is 2.31. The van der Waals surface area contributed by atoms with Crippen molar-refractivity contribution in [2.45, 2.75) is 25.3 Å². The van der Waals surface area contributed by atoms with Gasteiger partial charge in [-0.05, 0) is 37.0 Å². The number of anilines is 1. The Morgan fingerprint density at radius 1 is 1.27 bits per heavy atom. The highest BCUT2D eigenvalue weighted by molar-refractivity contribution is 6.30. The van der Waals surface area contributed by atoms with Crippen LogP contribution >= 0.6 is 11.6 Å². The molecule has 1 fully saturated rings. The normalized spacial score (nSPS) is 13.7. The third-order valence-corrected chi connectivity index (χ3v) is 3.65. The lowest BCUT2D eigenvalue weighted by molar-refractivity contribution is 0.0949. The van der Waals surface area contributed by atoms with E-state index in [-0.39, 0.29) is 5.91 Å². The van der Waals surface area contributed by atoms with Crippen LogP contribution in [0.15, 0.2) is 36.7 Å². The summed E-state index contributed by atoms with van der Waals surface area (Å²) < 4.78 is 0. The molecule has 0 spiro atoms. The van der Waals surface area contributed by atoms with Crippen molar-refractivity contribution >= 4 is 23.3 Å². The van der Waals surface area contributed by atoms with E-state index in [0.717, 1.165) is 24.8 Å². The van der Waals surface area contributed by atoms with E-state index in [0.29, 0.717) is 29.1 Å². The minimum absolute atomic E-state index is 0.191. The van der Waals surface area contributed by atoms with E-state index in [2.05, 4.69) is 20.6 Å². The van der Waals surface area contributed by atoms with Crippen LogP contribution in [0.2, 0.25) is 5.02 Å². The lowest BCUT2D eigenvalue weighted by Gasteiger charge is -2.07. The monoisotopic (exact) mass is 316 g/mol. The van der Waals surface area contributed by atoms with Gasteiger partial charge < -0.3 is 10.6 Å². The summed E-state index contributed by atoms with van der Waals surface area (Å²) >= 11 is 5.93. The molecule has 5 nitrogen and oxygen atoms in total. The first-order chi connectivity index (χ1) is 10.7. The number of amides is 1. The number of nitrogens with one attached hydrogen (secondary N) is 2. The molecule has 2 aromatic rings. The van der Waals surface area contributed by atoms with Gasteiger partial charge in [-0.25, -0.2) is 9.97 Å². The van der Waals surface area contributed by atoms with Gasteiger partial charge in [-0.15, -0.1) is 0 Å². The Kier molecular flexibility index (Phi) is 4.53. The van der Waals surface area contributed by atoms with Crippen molar-refractivity contribution in [2.75, 3.05) is 11.9 Å². The maximum absolute atomic E-state index is 12.1. The van der Waals surface area contributed by atoms with E-state index >= 15 is 0 Å². The maximum atomic E-state index is 12.1. The fraction of sp³-hybridized carbons (Fsp3) is 0.312. The van der Waals surface area contributed by atoms with Gasteiger partial charge in [-0.2, -0.15) is 0 Å². The first-order valence-corrected chi connectivity index (χ1v) is 7.70. The van der Waals surface area contributed by atoms with Gasteiger partial charge in [0.25, 0.3) is 5.91 Å². The molecule has 1 saturated carbocycles. The summed E-state index contributed by atoms with van der Waals surface area (Å²) in [4.78, 5) is 20.2. The van der Waals surface area contributed by atoms with Gasteiger partial charge in [0.15, 0.2) is 0 Å². The number of rotatable bonds is 6. The van der Waals surface area contributed by atoms with Crippen LogP contribution in [0.5, 0.6) is 0 Å². The second-order valence-electron chi connectivity index (χ2n) is 5.34. The molecular formula is C16H17ClN4O. The summed E-state index contributed by atoms with van der Waals surface area (Å²) in [5.74, 6) is 0.515. The molecule has 0 unspecified atom stereocenters. The van der Waals surface area contributed by atoms with Crippen LogP contribution in [0.3, 0.4) is 0 Å². The minimum atomic E-state index is -0.191. The van der Waals surface area contributed by atoms with Crippen LogP contribution in [-0.4, -0.2) is 28.5 Å². The molecule has 0 saturated heterocycles. The van der Waals surface area contributed by atoms with Gasteiger partial charge >= 0.3 is 0 Å². The van der Waals surface area contributed by atoms with Gasteiger partial charge in [0.05, 0.1) is 0 Å². The largest absolute Gasteiger partial charge is 0.367 e. The molecule has 2 N–H and O–H groups in total. The van der Waals surface area contributed by atoms with Gasteiger partial charge in [0.2, 0.25) is 0 Å². The topological polar surface area (TPSA) is 66.9 Å². The third kappa shape index (κ3) is 4.18. The summed E-state index contributed by atoms with van der Waals surface area (Å²) in [7, 11) is 0. The molecule has 114 valence electrons. The van der Waals surface area contributed by atoms with E-state index in [1.165, 1.54) is 6.33 Å². The first kappa shape index (κ1) is 14.8. The fourth-order valence-electron chi connectivity index (χ4n) is 2.10. The Morgan fingerprint density at radius 2 is 2.14 bits per heavy atom. The van der Waals surface area contributed by atoms with E-state index in [9.17, 15) is 4.79 Å². The Bertz CT molecular complexity index is 673. The highest BCUT2D eigenvalue weighted by Crippen LogP contribution is 2.23. The summed E-state index contributed by atoms with van der Waals surface area (Å²) in [6.07, 6.45) is 4.46. The van der Waals surface area contributed by atoms with Crippen molar-refractivity contribution < 1.29 is 4.79 Å². The molecule has 1 aromatic heterocycles. The van der Waals surface area contributed by atoms with E-state index < -0.39 is 0 Å². The minimum Gasteiger partial charge on any atom is -0.367 e. The molecule has 0 atom stereocenters. The van der Waals surface area contributed by atoms with Crippen LogP contribution in [-0.2, 0) is 6.42 Å². The van der Waals surface area contributed by atoms with E-state index in [1.807, 2.05) is 24.3 Å². The highest BCUT2D eigenvalue weighted by atomic mass is 35.5. The molecule has 1 aliphatic rings. The number of benzene rings is 1. The zero-order chi connectivity index (χ0) is 15.4. The molecule has 0 radical (unpaired) electrons. The predicted molar refractivity (Wildman–Crippen MR) is 86.2 cm³/mol. The quantitative estimate of drug-likeness (QED) is 0.860. The summed E-state index contributed by atoms with van der Waals surface area (Å²) in [5.41, 5.74) is 1.47. The van der Waals surface area contributed by atoms with Gasteiger partial charge in [0, 0.05) is 23.7 Å². The van der Waals surface area contributed by atoms with Crippen LogP contribution in [0.25, 0.3) is 0 Å². The van der Waals surface area contributed by atoms with Crippen molar-refractivity contribution in [2.24, 2.45) is 0 Å². The Hall–Kier alpha value is -2.14. The van der Waals surface area contributed by atoms with Crippen molar-refractivity contribution in [1.29, 1.82) is 0 Å². The lowest BCUT2D eigenvalue weighted by Crippen LogP contribution is -2.26. The van der Waals surface area contributed by atoms with Gasteiger partial charge in [-0.3, -0.25) is 4.79 Å². The first-order valence-electron chi connectivity index (χ1n) is 7.32. The van der Waals surface area contributed by atoms with Crippen LogP contribution in [0, 0.1) is 0 Å². The molecule has 1 heterocycles. The van der Waals surface area contributed by atoms with Crippen molar-refractivity contribution in [3.63, 3.8) is 0 Å². The molecule has 1 aromatic carbocycles. The average Bonchev–Trinajstić information content (AvgIpc) is 3.31. The van der Waals surface area contributed by atoms with E-state index in [4.69, 9.17) is 11.6 Å². The molecule has 0 bridgehead atoms. The average molecular weight is 317 g/mol. The smallest absolute Gasteiger partial charge is 0.270 e. The number of hydrogen-bond acceptors (Lipinski definition) is 4. The Morgan fingerprint density at radius 3 is 2.91 bits per heavy atom. The molecule has 22 heavy (non-hydrogen) atoms. The second-order valence-corrected chi connectivity index (χ2v) is 5.78. The third-order valence-electron chi connectivity index (χ3n) is 3.42. The SMILES string of the molecule is O=C(NCCc1cccc(Cl)c1)c1cc(NC2CC2)ncn1. The number of hydrogen-bond donors (Lipinski definition) is 2. The summed E-state index contributed by atoms with van der Waals surface area (Å²) in [5, 5.41) is 6.82. The van der Waals surface area contributed by atoms with Gasteiger partial charge in [0.1, 0.15) is 17.8 Å². The highest BCUT2D eigenvalue weighted by Gasteiger charge is 2.21. The maximum Gasteiger partial charge on any atom is 0.270 e. The summed E-state index contributed by atoms with van der Waals surface area (Å²) in [6.45, 7) is 0.536. The van der Waals surface area contributed by atoms with Crippen LogP contribution < -0.4 is 10.6 Å². The molecule has 3 rings (SSSR count). The van der Waals surface area contributed by atoms with Crippen molar-refractivity contribution in [1.82, 2.24) is 15.3 Å². The zero-order valence-electron chi connectivity index (χ0n) is 12.1. The van der Waals surface area contributed by atoms with Crippen LogP contribution in [0.1, 0.15) is 28.9 Å². The molecular weight excluding hydrogens is 300 g/mol.